The summed E-state index contributed by atoms with van der Waals surface area (Å²) < 4.78 is 124. The van der Waals surface area contributed by atoms with Crippen molar-refractivity contribution in [2.45, 2.75) is 85.0 Å². The van der Waals surface area contributed by atoms with E-state index < -0.39 is 59.2 Å². The molecule has 1 atom stereocenters. The summed E-state index contributed by atoms with van der Waals surface area (Å²) in [4.78, 5) is 21.0. The Morgan fingerprint density at radius 1 is 0.864 bits per heavy atom. The van der Waals surface area contributed by atoms with E-state index in [0.717, 1.165) is 98.9 Å². The monoisotopic (exact) mass is 980 g/mol. The van der Waals surface area contributed by atoms with Gasteiger partial charge < -0.3 is 20.0 Å². The summed E-state index contributed by atoms with van der Waals surface area (Å²) in [5.41, 5.74) is -2.15. The summed E-state index contributed by atoms with van der Waals surface area (Å²) in [6.45, 7) is 16.0. The third-order valence-corrected chi connectivity index (χ3v) is 16.6. The molecule has 3 aliphatic rings. The molecule has 2 heterocycles. The highest BCUT2D eigenvalue weighted by atomic mass is 32.2. The second-order valence-electron chi connectivity index (χ2n) is 18.2. The van der Waals surface area contributed by atoms with Gasteiger partial charge in [-0.25, -0.2) is 30.3 Å². The maximum atomic E-state index is 14.2. The zero-order valence-electron chi connectivity index (χ0n) is 37.8. The second kappa shape index (κ2) is 22.0. The van der Waals surface area contributed by atoms with E-state index in [1.807, 2.05) is 42.1 Å². The maximum Gasteiger partial charge on any atom is 0.501 e. The first kappa shape index (κ1) is 51.4. The SMILES string of the molecule is C=C(CCC(F)F)C1=C(CN2CCN(c3ccc(C(=O)NS(=O)(=O)c4ccc(N[C@H](CCN5CCN(C)CC5)CSc5ccccc5)c(S(=O)(=O)C(F)(F)F)c4)cc3)CC2)CCC(C)(C)C1. The van der Waals surface area contributed by atoms with E-state index in [4.69, 9.17) is 0 Å². The minimum absolute atomic E-state index is 0.0340. The molecule has 1 amide bonds. The number of likely N-dealkylation sites (N-methyl/N-ethyl adjacent to an activating group) is 1. The highest BCUT2D eigenvalue weighted by molar-refractivity contribution is 7.99. The topological polar surface area (TPSA) is 122 Å². The van der Waals surface area contributed by atoms with Crippen molar-refractivity contribution in [3.63, 3.8) is 0 Å². The molecule has 0 unspecified atom stereocenters. The number of sulfone groups is 1. The Hall–Kier alpha value is -4.01. The van der Waals surface area contributed by atoms with Crippen molar-refractivity contribution >= 4 is 48.9 Å². The molecule has 2 N–H and O–H groups in total. The number of hydrogen-bond acceptors (Lipinski definition) is 11. The van der Waals surface area contributed by atoms with Crippen LogP contribution in [0.25, 0.3) is 0 Å². The predicted octanol–water partition coefficient (Wildman–Crippen LogP) is 8.54. The molecule has 0 aromatic heterocycles. The van der Waals surface area contributed by atoms with Gasteiger partial charge in [0, 0.05) is 99.8 Å². The van der Waals surface area contributed by atoms with Crippen molar-refractivity contribution in [3.8, 4) is 0 Å². The minimum Gasteiger partial charge on any atom is -0.380 e. The van der Waals surface area contributed by atoms with Gasteiger partial charge in [0.05, 0.1) is 10.6 Å². The number of thioether (sulfide) groups is 1. The molecule has 3 aromatic rings. The van der Waals surface area contributed by atoms with Gasteiger partial charge in [0.25, 0.3) is 25.8 Å². The first-order chi connectivity index (χ1) is 31.1. The number of sulfonamides is 1. The van der Waals surface area contributed by atoms with Crippen molar-refractivity contribution in [3.05, 3.63) is 102 Å². The van der Waals surface area contributed by atoms with E-state index in [-0.39, 0.29) is 23.8 Å². The molecule has 1 aliphatic carbocycles. The highest BCUT2D eigenvalue weighted by Gasteiger charge is 2.48. The molecule has 2 aliphatic heterocycles. The number of carbonyl (C=O) groups is 1. The fourth-order valence-electron chi connectivity index (χ4n) is 8.49. The van der Waals surface area contributed by atoms with E-state index in [2.05, 4.69) is 45.3 Å². The first-order valence-electron chi connectivity index (χ1n) is 22.2. The Morgan fingerprint density at radius 2 is 1.52 bits per heavy atom. The van der Waals surface area contributed by atoms with Crippen molar-refractivity contribution < 1.29 is 43.6 Å². The average molecular weight is 981 g/mol. The Morgan fingerprint density at radius 3 is 2.15 bits per heavy atom. The molecular formula is C47H61F5N6O5S3. The Balaban J connectivity index is 1.12. The molecular weight excluding hydrogens is 920 g/mol. The van der Waals surface area contributed by atoms with E-state index in [1.165, 1.54) is 29.5 Å². The number of allylic oxidation sites excluding steroid dienone is 2. The smallest absolute Gasteiger partial charge is 0.380 e. The third kappa shape index (κ3) is 13.8. The van der Waals surface area contributed by atoms with Crippen LogP contribution in [0.2, 0.25) is 0 Å². The molecule has 0 saturated carbocycles. The van der Waals surface area contributed by atoms with Crippen LogP contribution in [0.15, 0.2) is 111 Å². The van der Waals surface area contributed by atoms with E-state index in [0.29, 0.717) is 37.9 Å². The van der Waals surface area contributed by atoms with Crippen molar-refractivity contribution in [1.29, 1.82) is 0 Å². The largest absolute Gasteiger partial charge is 0.501 e. The number of amides is 1. The van der Waals surface area contributed by atoms with E-state index >= 15 is 0 Å². The fourth-order valence-corrected chi connectivity index (χ4v) is 11.5. The molecule has 362 valence electrons. The van der Waals surface area contributed by atoms with Crippen LogP contribution >= 0.6 is 11.8 Å². The number of benzene rings is 3. The quantitative estimate of drug-likeness (QED) is 0.0889. The van der Waals surface area contributed by atoms with Gasteiger partial charge in [0.1, 0.15) is 4.90 Å². The molecule has 19 heteroatoms. The summed E-state index contributed by atoms with van der Waals surface area (Å²) in [7, 11) is -8.90. The number of rotatable bonds is 19. The summed E-state index contributed by atoms with van der Waals surface area (Å²) in [5.74, 6) is -0.677. The summed E-state index contributed by atoms with van der Waals surface area (Å²) in [5, 5.41) is 3.01. The van der Waals surface area contributed by atoms with Gasteiger partial charge >= 0.3 is 5.51 Å². The van der Waals surface area contributed by atoms with Crippen molar-refractivity contribution in [2.75, 3.05) is 88.5 Å². The Labute approximate surface area is 390 Å². The summed E-state index contributed by atoms with van der Waals surface area (Å²) in [6, 6.07) is 17.5. The number of nitrogens with one attached hydrogen (secondary N) is 2. The first-order valence-corrected chi connectivity index (χ1v) is 26.2. The summed E-state index contributed by atoms with van der Waals surface area (Å²) >= 11 is 1.45. The van der Waals surface area contributed by atoms with Gasteiger partial charge in [-0.15, -0.1) is 11.8 Å². The van der Waals surface area contributed by atoms with Crippen LogP contribution in [0, 0.1) is 5.41 Å². The average Bonchev–Trinajstić information content (AvgIpc) is 3.27. The maximum absolute atomic E-state index is 14.2. The molecule has 3 aromatic carbocycles. The van der Waals surface area contributed by atoms with Gasteiger partial charge in [0.15, 0.2) is 0 Å². The molecule has 11 nitrogen and oxygen atoms in total. The molecule has 2 saturated heterocycles. The fraction of sp³-hybridized carbons (Fsp3) is 0.511. The van der Waals surface area contributed by atoms with Gasteiger partial charge in [-0.1, -0.05) is 49.8 Å². The Bertz CT molecular complexity index is 2400. The van der Waals surface area contributed by atoms with Crippen LogP contribution in [0.4, 0.5) is 33.3 Å². The van der Waals surface area contributed by atoms with Crippen molar-refractivity contribution in [1.82, 2.24) is 19.4 Å². The van der Waals surface area contributed by atoms with Crippen LogP contribution in [-0.2, 0) is 19.9 Å². The number of halogens is 5. The zero-order valence-corrected chi connectivity index (χ0v) is 40.2. The third-order valence-electron chi connectivity index (χ3n) is 12.6. The van der Waals surface area contributed by atoms with Crippen LogP contribution in [0.3, 0.4) is 0 Å². The van der Waals surface area contributed by atoms with Crippen LogP contribution in [0.1, 0.15) is 62.7 Å². The zero-order chi connectivity index (χ0) is 47.9. The number of carbonyl (C=O) groups excluding carboxylic acids is 1. The molecule has 66 heavy (non-hydrogen) atoms. The number of alkyl halides is 5. The Kier molecular flexibility index (Phi) is 17.1. The molecule has 0 bridgehead atoms. The molecule has 2 fully saturated rings. The minimum atomic E-state index is -6.07. The lowest BCUT2D eigenvalue weighted by atomic mass is 9.72. The highest BCUT2D eigenvalue weighted by Crippen LogP contribution is 2.43. The van der Waals surface area contributed by atoms with Gasteiger partial charge in [-0.05, 0) is 105 Å². The van der Waals surface area contributed by atoms with Gasteiger partial charge in [0.2, 0.25) is 6.43 Å². The van der Waals surface area contributed by atoms with E-state index in [9.17, 15) is 43.6 Å². The number of nitrogens with zero attached hydrogens (tertiary/aromatic N) is 4. The lowest BCUT2D eigenvalue weighted by molar-refractivity contribution is -0.0435. The predicted molar refractivity (Wildman–Crippen MR) is 252 cm³/mol. The van der Waals surface area contributed by atoms with E-state index in [1.54, 1.807) is 12.1 Å². The number of anilines is 2. The van der Waals surface area contributed by atoms with Crippen LogP contribution in [0.5, 0.6) is 0 Å². The van der Waals surface area contributed by atoms with Crippen molar-refractivity contribution in [2.24, 2.45) is 5.41 Å². The molecule has 6 rings (SSSR count). The standard InChI is InChI=1S/C47H61F5N6O5S3/c1-34(10-17-44(48)49)41-31-46(2,3)20-18-36(41)32-57-26-28-58(29-27-57)38-13-11-35(12-14-38)45(59)54-66(62,63)40-15-16-42(43(30-40)65(60,61)47(50,51)52)53-37(33-64-39-8-6-5-7-9-39)19-21-56-24-22-55(4)23-25-56/h5-9,11-16,30,37,44,53H,1,10,17-29,31-33H2,2-4H3,(H,54,59)/t37-/m1/s1. The lowest BCUT2D eigenvalue weighted by Gasteiger charge is -2.39. The normalized spacial score (nSPS) is 18.7. The van der Waals surface area contributed by atoms with Gasteiger partial charge in [-0.2, -0.15) is 13.2 Å². The summed E-state index contributed by atoms with van der Waals surface area (Å²) in [6.07, 6.45) is 0.858. The lowest BCUT2D eigenvalue weighted by Crippen LogP contribution is -2.47. The molecule has 0 radical (unpaired) electrons. The van der Waals surface area contributed by atoms with Crippen LogP contribution < -0.4 is 14.9 Å². The van der Waals surface area contributed by atoms with Crippen LogP contribution in [-0.4, -0.2) is 134 Å². The van der Waals surface area contributed by atoms with Gasteiger partial charge in [-0.3, -0.25) is 9.69 Å². The second-order valence-corrected chi connectivity index (χ2v) is 22.9. The molecule has 0 spiro atoms. The number of piperazine rings is 2. The number of hydrogen-bond donors (Lipinski definition) is 2.